The Labute approximate surface area is 127 Å². The molecular formula is C17H16N2O3. The van der Waals surface area contributed by atoms with Gasteiger partial charge in [-0.05, 0) is 30.7 Å². The monoisotopic (exact) mass is 296 g/mol. The van der Waals surface area contributed by atoms with E-state index in [1.165, 1.54) is 0 Å². The summed E-state index contributed by atoms with van der Waals surface area (Å²) in [4.78, 5) is 16.2. The summed E-state index contributed by atoms with van der Waals surface area (Å²) in [5, 5.41) is 19.2. The lowest BCUT2D eigenvalue weighted by molar-refractivity contribution is -0.140. The maximum absolute atomic E-state index is 11.6. The second kappa shape index (κ2) is 5.52. The van der Waals surface area contributed by atoms with Gasteiger partial charge < -0.3 is 14.8 Å². The number of carboxylic acid groups (broad SMARTS) is 1. The molecule has 0 bridgehead atoms. The third kappa shape index (κ3) is 2.30. The molecule has 0 radical (unpaired) electrons. The Bertz CT molecular complexity index is 839. The smallest absolute Gasteiger partial charge is 0.326 e. The number of nitrogens with zero attached hydrogens (tertiary/aromatic N) is 2. The molecule has 22 heavy (non-hydrogen) atoms. The number of para-hydroxylation sites is 2. The number of aromatic nitrogens is 2. The summed E-state index contributed by atoms with van der Waals surface area (Å²) < 4.78 is 1.73. The lowest BCUT2D eigenvalue weighted by Crippen LogP contribution is -2.19. The van der Waals surface area contributed by atoms with Gasteiger partial charge in [-0.1, -0.05) is 31.2 Å². The zero-order valence-corrected chi connectivity index (χ0v) is 12.1. The van der Waals surface area contributed by atoms with Gasteiger partial charge in [-0.15, -0.1) is 0 Å². The number of hydrogen-bond donors (Lipinski definition) is 2. The normalized spacial score (nSPS) is 12.4. The van der Waals surface area contributed by atoms with Gasteiger partial charge in [-0.2, -0.15) is 0 Å². The van der Waals surface area contributed by atoms with Crippen LogP contribution in [-0.2, 0) is 4.79 Å². The van der Waals surface area contributed by atoms with Crippen LogP contribution in [0, 0.1) is 0 Å². The molecule has 0 aliphatic heterocycles. The Morgan fingerprint density at radius 3 is 2.68 bits per heavy atom. The van der Waals surface area contributed by atoms with Crippen LogP contribution in [0.25, 0.3) is 22.4 Å². The Balaban J connectivity index is 2.31. The standard InChI is InChI=1S/C17H16N2O3/c1-2-14(17(21)22)19-15-9-4-3-8-13(15)18-16(19)11-6-5-7-12(20)10-11/h3-10,14,20H,2H2,1H3,(H,21,22). The first kappa shape index (κ1) is 14.1. The molecule has 1 unspecified atom stereocenters. The molecule has 5 heteroatoms. The van der Waals surface area contributed by atoms with Crippen LogP contribution in [-0.4, -0.2) is 25.7 Å². The first-order chi connectivity index (χ1) is 10.6. The second-order valence-electron chi connectivity index (χ2n) is 5.11. The van der Waals surface area contributed by atoms with Gasteiger partial charge in [-0.3, -0.25) is 0 Å². The van der Waals surface area contributed by atoms with Crippen molar-refractivity contribution in [3.63, 3.8) is 0 Å². The van der Waals surface area contributed by atoms with E-state index in [0.717, 1.165) is 11.0 Å². The number of phenols is 1. The molecule has 0 fully saturated rings. The third-order valence-electron chi connectivity index (χ3n) is 3.68. The maximum atomic E-state index is 11.6. The molecule has 1 atom stereocenters. The minimum absolute atomic E-state index is 0.125. The number of aromatic hydroxyl groups is 1. The van der Waals surface area contributed by atoms with E-state index in [1.807, 2.05) is 37.3 Å². The highest BCUT2D eigenvalue weighted by molar-refractivity contribution is 5.84. The number of phenolic OH excluding ortho intramolecular Hbond substituents is 1. The summed E-state index contributed by atoms with van der Waals surface area (Å²) in [6, 6.07) is 13.4. The fraction of sp³-hybridized carbons (Fsp3) is 0.176. The van der Waals surface area contributed by atoms with Gasteiger partial charge in [-0.25, -0.2) is 9.78 Å². The molecule has 112 valence electrons. The van der Waals surface area contributed by atoms with Crippen LogP contribution in [0.15, 0.2) is 48.5 Å². The fourth-order valence-electron chi connectivity index (χ4n) is 2.68. The number of imidazole rings is 1. The number of carboxylic acids is 1. The van der Waals surface area contributed by atoms with Crippen molar-refractivity contribution < 1.29 is 15.0 Å². The molecule has 3 aromatic rings. The van der Waals surface area contributed by atoms with Crippen LogP contribution in [0.2, 0.25) is 0 Å². The van der Waals surface area contributed by atoms with Crippen molar-refractivity contribution in [3.05, 3.63) is 48.5 Å². The van der Waals surface area contributed by atoms with Gasteiger partial charge in [0.2, 0.25) is 0 Å². The number of aliphatic carboxylic acids is 1. The van der Waals surface area contributed by atoms with E-state index < -0.39 is 12.0 Å². The van der Waals surface area contributed by atoms with Crippen molar-refractivity contribution in [2.75, 3.05) is 0 Å². The highest BCUT2D eigenvalue weighted by Gasteiger charge is 2.24. The van der Waals surface area contributed by atoms with E-state index >= 15 is 0 Å². The van der Waals surface area contributed by atoms with Crippen LogP contribution in [0.1, 0.15) is 19.4 Å². The zero-order chi connectivity index (χ0) is 15.7. The average molecular weight is 296 g/mol. The molecule has 0 spiro atoms. The molecule has 0 aliphatic carbocycles. The zero-order valence-electron chi connectivity index (χ0n) is 12.1. The van der Waals surface area contributed by atoms with E-state index in [-0.39, 0.29) is 5.75 Å². The Morgan fingerprint density at radius 2 is 2.00 bits per heavy atom. The highest BCUT2D eigenvalue weighted by Crippen LogP contribution is 2.31. The first-order valence-corrected chi connectivity index (χ1v) is 7.11. The summed E-state index contributed by atoms with van der Waals surface area (Å²) in [5.41, 5.74) is 2.20. The molecule has 1 aromatic heterocycles. The van der Waals surface area contributed by atoms with Gasteiger partial charge in [0.25, 0.3) is 0 Å². The number of hydrogen-bond acceptors (Lipinski definition) is 3. The highest BCUT2D eigenvalue weighted by atomic mass is 16.4. The van der Waals surface area contributed by atoms with Crippen molar-refractivity contribution in [2.45, 2.75) is 19.4 Å². The van der Waals surface area contributed by atoms with E-state index in [9.17, 15) is 15.0 Å². The van der Waals surface area contributed by atoms with Crippen LogP contribution >= 0.6 is 0 Å². The molecule has 0 amide bonds. The summed E-state index contributed by atoms with van der Waals surface area (Å²) >= 11 is 0. The molecule has 3 rings (SSSR count). The Morgan fingerprint density at radius 1 is 1.23 bits per heavy atom. The first-order valence-electron chi connectivity index (χ1n) is 7.11. The lowest BCUT2D eigenvalue weighted by atomic mass is 10.1. The van der Waals surface area contributed by atoms with Crippen LogP contribution in [0.5, 0.6) is 5.75 Å². The maximum Gasteiger partial charge on any atom is 0.326 e. The predicted octanol–water partition coefficient (Wildman–Crippen LogP) is 3.44. The third-order valence-corrected chi connectivity index (χ3v) is 3.68. The minimum Gasteiger partial charge on any atom is -0.508 e. The number of fused-ring (bicyclic) bond motifs is 1. The fourth-order valence-corrected chi connectivity index (χ4v) is 2.68. The molecule has 0 saturated heterocycles. The van der Waals surface area contributed by atoms with Gasteiger partial charge >= 0.3 is 5.97 Å². The Kier molecular flexibility index (Phi) is 3.55. The second-order valence-corrected chi connectivity index (χ2v) is 5.11. The quantitative estimate of drug-likeness (QED) is 0.773. The number of benzene rings is 2. The topological polar surface area (TPSA) is 75.3 Å². The van der Waals surface area contributed by atoms with Crippen LogP contribution < -0.4 is 0 Å². The molecule has 5 nitrogen and oxygen atoms in total. The van der Waals surface area contributed by atoms with Crippen LogP contribution in [0.3, 0.4) is 0 Å². The van der Waals surface area contributed by atoms with Crippen molar-refractivity contribution in [1.29, 1.82) is 0 Å². The van der Waals surface area contributed by atoms with Crippen molar-refractivity contribution >= 4 is 17.0 Å². The van der Waals surface area contributed by atoms with Crippen molar-refractivity contribution in [2.24, 2.45) is 0 Å². The van der Waals surface area contributed by atoms with Gasteiger partial charge in [0.1, 0.15) is 17.6 Å². The Hall–Kier alpha value is -2.82. The largest absolute Gasteiger partial charge is 0.508 e. The van der Waals surface area contributed by atoms with Crippen LogP contribution in [0.4, 0.5) is 0 Å². The average Bonchev–Trinajstić information content (AvgIpc) is 2.87. The number of carbonyl (C=O) groups is 1. The number of rotatable bonds is 4. The molecular weight excluding hydrogens is 280 g/mol. The van der Waals surface area contributed by atoms with Crippen molar-refractivity contribution in [1.82, 2.24) is 9.55 Å². The predicted molar refractivity (Wildman–Crippen MR) is 83.8 cm³/mol. The summed E-state index contributed by atoms with van der Waals surface area (Å²) in [5.74, 6) is -0.224. The molecule has 2 aromatic carbocycles. The van der Waals surface area contributed by atoms with E-state index in [0.29, 0.717) is 17.8 Å². The summed E-state index contributed by atoms with van der Waals surface area (Å²) in [6.07, 6.45) is 0.446. The van der Waals surface area contributed by atoms with E-state index in [2.05, 4.69) is 4.98 Å². The summed E-state index contributed by atoms with van der Waals surface area (Å²) in [7, 11) is 0. The van der Waals surface area contributed by atoms with Crippen molar-refractivity contribution in [3.8, 4) is 17.1 Å². The molecule has 0 saturated carbocycles. The lowest BCUT2D eigenvalue weighted by Gasteiger charge is -2.16. The van der Waals surface area contributed by atoms with Gasteiger partial charge in [0.05, 0.1) is 11.0 Å². The van der Waals surface area contributed by atoms with Gasteiger partial charge in [0, 0.05) is 5.56 Å². The SMILES string of the molecule is CCC(C(=O)O)n1c(-c2cccc(O)c2)nc2ccccc21. The van der Waals surface area contributed by atoms with E-state index in [1.54, 1.807) is 22.8 Å². The van der Waals surface area contributed by atoms with Gasteiger partial charge in [0.15, 0.2) is 0 Å². The molecule has 1 heterocycles. The molecule has 2 N–H and O–H groups in total. The summed E-state index contributed by atoms with van der Waals surface area (Å²) in [6.45, 7) is 1.83. The molecule has 0 aliphatic rings. The minimum atomic E-state index is -0.896. The van der Waals surface area contributed by atoms with E-state index in [4.69, 9.17) is 0 Å².